The quantitative estimate of drug-likeness (QED) is 0.626. The van der Waals surface area contributed by atoms with Gasteiger partial charge in [-0.15, -0.1) is 0 Å². The van der Waals surface area contributed by atoms with E-state index in [9.17, 15) is 9.59 Å². The van der Waals surface area contributed by atoms with Gasteiger partial charge in [0.2, 0.25) is 11.8 Å². The van der Waals surface area contributed by atoms with E-state index in [1.165, 1.54) is 4.90 Å². The molecule has 2 saturated heterocycles. The number of hydrogen-bond acceptors (Lipinski definition) is 3. The van der Waals surface area contributed by atoms with Gasteiger partial charge in [0.25, 0.3) is 0 Å². The minimum Gasteiger partial charge on any atom is -0.331 e. The fourth-order valence-electron chi connectivity index (χ4n) is 2.24. The van der Waals surface area contributed by atoms with Crippen LogP contribution in [-0.2, 0) is 9.59 Å². The van der Waals surface area contributed by atoms with Crippen molar-refractivity contribution in [2.75, 3.05) is 19.6 Å². The molecule has 5 nitrogen and oxygen atoms in total. The average molecular weight is 207 g/mol. The van der Waals surface area contributed by atoms with Crippen LogP contribution in [0.3, 0.4) is 0 Å². The highest BCUT2D eigenvalue weighted by atomic mass is 16.2. The molecule has 2 rings (SSSR count). The Balaban J connectivity index is 2.07. The van der Waals surface area contributed by atoms with Crippen molar-refractivity contribution < 1.29 is 9.59 Å². The molecule has 2 aliphatic heterocycles. The molecular formula is C10H13N3O2. The number of amides is 2. The molecule has 1 atom stereocenters. The minimum atomic E-state index is -0.245. The summed E-state index contributed by atoms with van der Waals surface area (Å²) in [4.78, 5) is 26.7. The normalized spacial score (nSPS) is 25.4. The summed E-state index contributed by atoms with van der Waals surface area (Å²) in [7, 11) is 0. The maximum absolute atomic E-state index is 11.9. The van der Waals surface area contributed by atoms with Gasteiger partial charge in [0, 0.05) is 13.1 Å². The van der Waals surface area contributed by atoms with E-state index in [1.54, 1.807) is 4.90 Å². The first-order valence-corrected chi connectivity index (χ1v) is 5.19. The van der Waals surface area contributed by atoms with Crippen molar-refractivity contribution in [3.8, 4) is 6.07 Å². The van der Waals surface area contributed by atoms with Crippen LogP contribution in [0.2, 0.25) is 0 Å². The second-order valence-corrected chi connectivity index (χ2v) is 3.91. The third-order valence-electron chi connectivity index (χ3n) is 2.99. The molecule has 0 spiro atoms. The third-order valence-corrected chi connectivity index (χ3v) is 2.99. The first-order chi connectivity index (χ1) is 7.24. The van der Waals surface area contributed by atoms with Crippen LogP contribution in [0.1, 0.15) is 19.3 Å². The highest BCUT2D eigenvalue weighted by Gasteiger charge is 2.41. The number of carbonyl (C=O) groups is 2. The van der Waals surface area contributed by atoms with Crippen LogP contribution < -0.4 is 0 Å². The monoisotopic (exact) mass is 207 g/mol. The number of fused-ring (bicyclic) bond motifs is 1. The van der Waals surface area contributed by atoms with Crippen molar-refractivity contribution in [3.05, 3.63) is 0 Å². The number of nitriles is 1. The van der Waals surface area contributed by atoms with Gasteiger partial charge in [0.05, 0.1) is 19.0 Å². The molecule has 2 heterocycles. The van der Waals surface area contributed by atoms with Gasteiger partial charge in [-0.05, 0) is 12.8 Å². The molecule has 2 aliphatic rings. The fraction of sp³-hybridized carbons (Fsp3) is 0.700. The molecule has 0 radical (unpaired) electrons. The van der Waals surface area contributed by atoms with E-state index in [0.717, 1.165) is 12.8 Å². The van der Waals surface area contributed by atoms with Gasteiger partial charge in [0.15, 0.2) is 0 Å². The third kappa shape index (κ3) is 1.67. The van der Waals surface area contributed by atoms with Crippen molar-refractivity contribution in [1.29, 1.82) is 5.26 Å². The Bertz CT molecular complexity index is 334. The van der Waals surface area contributed by atoms with Crippen LogP contribution in [0.4, 0.5) is 0 Å². The van der Waals surface area contributed by atoms with E-state index in [4.69, 9.17) is 5.26 Å². The Hall–Kier alpha value is -1.57. The molecule has 2 amide bonds. The van der Waals surface area contributed by atoms with Crippen LogP contribution in [0.25, 0.3) is 0 Å². The lowest BCUT2D eigenvalue weighted by atomic mass is 10.1. The molecule has 0 aliphatic carbocycles. The SMILES string of the molecule is N#CCCN1CC(=O)N2CCCC2C1=O. The molecule has 15 heavy (non-hydrogen) atoms. The summed E-state index contributed by atoms with van der Waals surface area (Å²) in [6.45, 7) is 1.24. The molecule has 0 saturated carbocycles. The van der Waals surface area contributed by atoms with Gasteiger partial charge in [0.1, 0.15) is 6.04 Å². The zero-order chi connectivity index (χ0) is 10.8. The van der Waals surface area contributed by atoms with Crippen molar-refractivity contribution >= 4 is 11.8 Å². The number of nitrogens with zero attached hydrogens (tertiary/aromatic N) is 3. The average Bonchev–Trinajstić information content (AvgIpc) is 2.70. The molecule has 0 aromatic heterocycles. The lowest BCUT2D eigenvalue weighted by Gasteiger charge is -2.35. The minimum absolute atomic E-state index is 0.0161. The first-order valence-electron chi connectivity index (χ1n) is 5.19. The lowest BCUT2D eigenvalue weighted by Crippen LogP contribution is -2.57. The van der Waals surface area contributed by atoms with Gasteiger partial charge in [-0.1, -0.05) is 0 Å². The number of rotatable bonds is 2. The van der Waals surface area contributed by atoms with E-state index >= 15 is 0 Å². The molecule has 0 aromatic carbocycles. The maximum atomic E-state index is 11.9. The van der Waals surface area contributed by atoms with Crippen LogP contribution >= 0.6 is 0 Å². The van der Waals surface area contributed by atoms with Crippen LogP contribution in [-0.4, -0.2) is 47.3 Å². The molecule has 2 fully saturated rings. The predicted molar refractivity (Wildman–Crippen MR) is 51.5 cm³/mol. The second-order valence-electron chi connectivity index (χ2n) is 3.91. The first kappa shape index (κ1) is 9.97. The Morgan fingerprint density at radius 1 is 1.47 bits per heavy atom. The number of carbonyl (C=O) groups excluding carboxylic acids is 2. The van der Waals surface area contributed by atoms with Crippen LogP contribution in [0.15, 0.2) is 0 Å². The Kier molecular flexibility index (Phi) is 2.58. The Morgan fingerprint density at radius 2 is 2.27 bits per heavy atom. The molecular weight excluding hydrogens is 194 g/mol. The fourth-order valence-corrected chi connectivity index (χ4v) is 2.24. The summed E-state index contributed by atoms with van der Waals surface area (Å²) >= 11 is 0. The van der Waals surface area contributed by atoms with Gasteiger partial charge >= 0.3 is 0 Å². The zero-order valence-corrected chi connectivity index (χ0v) is 8.48. The van der Waals surface area contributed by atoms with E-state index in [1.807, 2.05) is 6.07 Å². The van der Waals surface area contributed by atoms with Crippen molar-refractivity contribution in [1.82, 2.24) is 9.80 Å². The Morgan fingerprint density at radius 3 is 3.00 bits per heavy atom. The standard InChI is InChI=1S/C10H13N3O2/c11-4-2-5-12-7-9(14)13-6-1-3-8(13)10(12)15/h8H,1-3,5-7H2. The van der Waals surface area contributed by atoms with E-state index in [2.05, 4.69) is 0 Å². The van der Waals surface area contributed by atoms with Gasteiger partial charge < -0.3 is 9.80 Å². The van der Waals surface area contributed by atoms with Gasteiger partial charge in [-0.3, -0.25) is 9.59 Å². The van der Waals surface area contributed by atoms with Crippen molar-refractivity contribution in [2.45, 2.75) is 25.3 Å². The highest BCUT2D eigenvalue weighted by molar-refractivity contribution is 5.95. The molecule has 0 N–H and O–H groups in total. The molecule has 0 aromatic rings. The summed E-state index contributed by atoms with van der Waals surface area (Å²) in [6.07, 6.45) is 1.98. The Labute approximate surface area is 88.2 Å². The smallest absolute Gasteiger partial charge is 0.245 e. The summed E-state index contributed by atoms with van der Waals surface area (Å²) < 4.78 is 0. The molecule has 0 bridgehead atoms. The molecule has 1 unspecified atom stereocenters. The largest absolute Gasteiger partial charge is 0.331 e. The molecule has 80 valence electrons. The number of hydrogen-bond donors (Lipinski definition) is 0. The zero-order valence-electron chi connectivity index (χ0n) is 8.48. The maximum Gasteiger partial charge on any atom is 0.245 e. The van der Waals surface area contributed by atoms with Crippen LogP contribution in [0.5, 0.6) is 0 Å². The summed E-state index contributed by atoms with van der Waals surface area (Å²) in [5, 5.41) is 8.45. The van der Waals surface area contributed by atoms with E-state index in [0.29, 0.717) is 19.5 Å². The molecule has 5 heteroatoms. The topological polar surface area (TPSA) is 64.4 Å². The van der Waals surface area contributed by atoms with E-state index < -0.39 is 0 Å². The number of piperazine rings is 1. The lowest BCUT2D eigenvalue weighted by molar-refractivity contribution is -0.153. The summed E-state index contributed by atoms with van der Waals surface area (Å²) in [6, 6.07) is 1.75. The van der Waals surface area contributed by atoms with Crippen molar-refractivity contribution in [3.63, 3.8) is 0 Å². The second kappa shape index (κ2) is 3.89. The van der Waals surface area contributed by atoms with Gasteiger partial charge in [-0.25, -0.2) is 0 Å². The van der Waals surface area contributed by atoms with E-state index in [-0.39, 0.29) is 24.4 Å². The van der Waals surface area contributed by atoms with Gasteiger partial charge in [-0.2, -0.15) is 5.26 Å². The van der Waals surface area contributed by atoms with Crippen LogP contribution in [0, 0.1) is 11.3 Å². The van der Waals surface area contributed by atoms with Crippen molar-refractivity contribution in [2.24, 2.45) is 0 Å². The summed E-state index contributed by atoms with van der Waals surface area (Å²) in [5.41, 5.74) is 0. The predicted octanol–water partition coefficient (Wildman–Crippen LogP) is -0.267. The highest BCUT2D eigenvalue weighted by Crippen LogP contribution is 2.23. The summed E-state index contributed by atoms with van der Waals surface area (Å²) in [5.74, 6) is 0.0392.